The summed E-state index contributed by atoms with van der Waals surface area (Å²) in [6.45, 7) is 1.21. The lowest BCUT2D eigenvalue weighted by atomic mass is 10.2. The maximum atomic E-state index is 13.4. The highest BCUT2D eigenvalue weighted by Crippen LogP contribution is 2.30. The summed E-state index contributed by atoms with van der Waals surface area (Å²) in [4.78, 5) is 21.2. The van der Waals surface area contributed by atoms with Crippen LogP contribution < -0.4 is 4.90 Å². The van der Waals surface area contributed by atoms with Crippen LogP contribution in [0.5, 0.6) is 0 Å². The number of thiazole rings is 1. The molecule has 0 spiro atoms. The van der Waals surface area contributed by atoms with Gasteiger partial charge in [-0.3, -0.25) is 9.69 Å². The molecule has 3 rings (SSSR count). The Hall–Kier alpha value is -1.54. The number of amides is 1. The topological polar surface area (TPSA) is 36.4 Å². The number of benzene rings is 2. The van der Waals surface area contributed by atoms with E-state index in [1.54, 1.807) is 23.1 Å². The highest BCUT2D eigenvalue weighted by molar-refractivity contribution is 9.10. The largest absolute Gasteiger partial charge is 0.308 e. The van der Waals surface area contributed by atoms with Gasteiger partial charge in [0.05, 0.1) is 10.2 Å². The SMILES string of the molecule is CN(C)CCN(C(=O)c1ccc(Br)cc1)c1nc2ccc(F)cc2s1.Cl. The van der Waals surface area contributed by atoms with Crippen LogP contribution in [0.25, 0.3) is 10.2 Å². The van der Waals surface area contributed by atoms with Crippen molar-refractivity contribution in [1.29, 1.82) is 0 Å². The number of anilines is 1. The Balaban J connectivity index is 0.00000243. The quantitative estimate of drug-likeness (QED) is 0.549. The molecule has 0 aliphatic rings. The van der Waals surface area contributed by atoms with Gasteiger partial charge in [-0.1, -0.05) is 27.3 Å². The summed E-state index contributed by atoms with van der Waals surface area (Å²) in [6, 6.07) is 11.7. The van der Waals surface area contributed by atoms with Gasteiger partial charge in [-0.05, 0) is 56.6 Å². The predicted octanol–water partition coefficient (Wildman–Crippen LogP) is 4.83. The monoisotopic (exact) mass is 457 g/mol. The summed E-state index contributed by atoms with van der Waals surface area (Å²) in [5, 5.41) is 0.579. The fourth-order valence-corrected chi connectivity index (χ4v) is 3.61. The molecule has 0 N–H and O–H groups in total. The molecule has 0 aliphatic carbocycles. The van der Waals surface area contributed by atoms with E-state index in [0.717, 1.165) is 9.17 Å². The number of rotatable bonds is 5. The fraction of sp³-hybridized carbons (Fsp3) is 0.222. The van der Waals surface area contributed by atoms with Crippen LogP contribution in [0, 0.1) is 5.82 Å². The summed E-state index contributed by atoms with van der Waals surface area (Å²) >= 11 is 4.70. The second kappa shape index (κ2) is 8.90. The molecule has 1 amide bonds. The summed E-state index contributed by atoms with van der Waals surface area (Å²) in [5.41, 5.74) is 1.28. The van der Waals surface area contributed by atoms with Crippen LogP contribution in [0.3, 0.4) is 0 Å². The van der Waals surface area contributed by atoms with Crippen LogP contribution in [-0.4, -0.2) is 43.0 Å². The van der Waals surface area contributed by atoms with Gasteiger partial charge in [0.15, 0.2) is 5.13 Å². The second-order valence-electron chi connectivity index (χ2n) is 5.88. The van der Waals surface area contributed by atoms with Crippen LogP contribution in [0.4, 0.5) is 9.52 Å². The van der Waals surface area contributed by atoms with E-state index < -0.39 is 0 Å². The van der Waals surface area contributed by atoms with Gasteiger partial charge in [0.1, 0.15) is 5.82 Å². The molecular formula is C18H18BrClFN3OS. The van der Waals surface area contributed by atoms with E-state index in [-0.39, 0.29) is 24.1 Å². The number of hydrogen-bond donors (Lipinski definition) is 0. The first-order valence-corrected chi connectivity index (χ1v) is 9.33. The Bertz CT molecular complexity index is 901. The molecule has 1 heterocycles. The second-order valence-corrected chi connectivity index (χ2v) is 7.80. The molecule has 4 nitrogen and oxygen atoms in total. The van der Waals surface area contributed by atoms with Crippen LogP contribution in [-0.2, 0) is 0 Å². The normalized spacial score (nSPS) is 10.8. The number of nitrogens with zero attached hydrogens (tertiary/aromatic N) is 3. The third-order valence-corrected chi connectivity index (χ3v) is 5.25. The van der Waals surface area contributed by atoms with Crippen molar-refractivity contribution in [2.75, 3.05) is 32.1 Å². The van der Waals surface area contributed by atoms with Crippen molar-refractivity contribution >= 4 is 60.9 Å². The molecule has 0 aliphatic heterocycles. The molecule has 0 atom stereocenters. The molecular weight excluding hydrogens is 441 g/mol. The summed E-state index contributed by atoms with van der Waals surface area (Å²) < 4.78 is 15.1. The van der Waals surface area contributed by atoms with Gasteiger partial charge in [-0.15, -0.1) is 12.4 Å². The first kappa shape index (κ1) is 20.8. The minimum Gasteiger partial charge on any atom is -0.308 e. The average Bonchev–Trinajstić information content (AvgIpc) is 2.98. The van der Waals surface area contributed by atoms with Crippen molar-refractivity contribution in [3.8, 4) is 0 Å². The van der Waals surface area contributed by atoms with Gasteiger partial charge in [0, 0.05) is 23.1 Å². The Morgan fingerprint density at radius 3 is 2.50 bits per heavy atom. The maximum Gasteiger partial charge on any atom is 0.260 e. The lowest BCUT2D eigenvalue weighted by Gasteiger charge is -2.22. The van der Waals surface area contributed by atoms with E-state index in [2.05, 4.69) is 20.9 Å². The van der Waals surface area contributed by atoms with Gasteiger partial charge in [-0.2, -0.15) is 0 Å². The van der Waals surface area contributed by atoms with Gasteiger partial charge >= 0.3 is 0 Å². The van der Waals surface area contributed by atoms with E-state index in [0.29, 0.717) is 29.3 Å². The lowest BCUT2D eigenvalue weighted by Crippen LogP contribution is -2.36. The van der Waals surface area contributed by atoms with E-state index in [4.69, 9.17) is 0 Å². The van der Waals surface area contributed by atoms with Gasteiger partial charge in [0.25, 0.3) is 5.91 Å². The highest BCUT2D eigenvalue weighted by atomic mass is 79.9. The molecule has 0 saturated carbocycles. The zero-order chi connectivity index (χ0) is 18.0. The molecule has 0 saturated heterocycles. The highest BCUT2D eigenvalue weighted by Gasteiger charge is 2.21. The standard InChI is InChI=1S/C18H17BrFN3OS.ClH/c1-22(2)9-10-23(17(24)12-3-5-13(19)6-4-12)18-21-15-8-7-14(20)11-16(15)25-18;/h3-8,11H,9-10H2,1-2H3;1H. The first-order chi connectivity index (χ1) is 11.9. The Morgan fingerprint density at radius 1 is 1.15 bits per heavy atom. The molecule has 2 aromatic carbocycles. The van der Waals surface area contributed by atoms with Crippen molar-refractivity contribution in [1.82, 2.24) is 9.88 Å². The zero-order valence-corrected chi connectivity index (χ0v) is 17.5. The number of hydrogen-bond acceptors (Lipinski definition) is 4. The van der Waals surface area contributed by atoms with Crippen molar-refractivity contribution in [3.63, 3.8) is 0 Å². The Labute approximate surface area is 170 Å². The van der Waals surface area contributed by atoms with E-state index >= 15 is 0 Å². The van der Waals surface area contributed by atoms with Gasteiger partial charge < -0.3 is 4.90 Å². The number of halogens is 3. The minimum absolute atomic E-state index is 0. The lowest BCUT2D eigenvalue weighted by molar-refractivity contribution is 0.0985. The van der Waals surface area contributed by atoms with Gasteiger partial charge in [-0.25, -0.2) is 9.37 Å². The summed E-state index contributed by atoms with van der Waals surface area (Å²) in [5.74, 6) is -0.421. The van der Waals surface area contributed by atoms with Crippen LogP contribution in [0.15, 0.2) is 46.9 Å². The zero-order valence-electron chi connectivity index (χ0n) is 14.3. The molecule has 3 aromatic rings. The number of likely N-dealkylation sites (N-methyl/N-ethyl adjacent to an activating group) is 1. The van der Waals surface area contributed by atoms with Crippen LogP contribution >= 0.6 is 39.7 Å². The number of carbonyl (C=O) groups excluding carboxylic acids is 1. The molecule has 26 heavy (non-hydrogen) atoms. The molecule has 0 bridgehead atoms. The smallest absolute Gasteiger partial charge is 0.260 e. The van der Waals surface area contributed by atoms with Crippen molar-refractivity contribution < 1.29 is 9.18 Å². The first-order valence-electron chi connectivity index (χ1n) is 7.72. The Kier molecular flexibility index (Phi) is 7.11. The molecule has 1 aromatic heterocycles. The van der Waals surface area contributed by atoms with Gasteiger partial charge in [0.2, 0.25) is 0 Å². The summed E-state index contributed by atoms with van der Waals surface area (Å²) in [7, 11) is 3.91. The molecule has 0 unspecified atom stereocenters. The molecule has 0 fully saturated rings. The minimum atomic E-state index is -0.304. The van der Waals surface area contributed by atoms with E-state index in [9.17, 15) is 9.18 Å². The molecule has 8 heteroatoms. The predicted molar refractivity (Wildman–Crippen MR) is 111 cm³/mol. The fourth-order valence-electron chi connectivity index (χ4n) is 2.33. The van der Waals surface area contributed by atoms with E-state index in [1.165, 1.54) is 23.5 Å². The van der Waals surface area contributed by atoms with Crippen molar-refractivity contribution in [3.05, 3.63) is 58.3 Å². The molecule has 0 radical (unpaired) electrons. The Morgan fingerprint density at radius 2 is 1.85 bits per heavy atom. The van der Waals surface area contributed by atoms with Crippen molar-refractivity contribution in [2.24, 2.45) is 0 Å². The third kappa shape index (κ3) is 4.79. The van der Waals surface area contributed by atoms with Crippen molar-refractivity contribution in [2.45, 2.75) is 0 Å². The number of aromatic nitrogens is 1. The number of fused-ring (bicyclic) bond motifs is 1. The average molecular weight is 459 g/mol. The molecule has 138 valence electrons. The van der Waals surface area contributed by atoms with Crippen LogP contribution in [0.1, 0.15) is 10.4 Å². The third-order valence-electron chi connectivity index (χ3n) is 3.68. The maximum absolute atomic E-state index is 13.4. The van der Waals surface area contributed by atoms with E-state index in [1.807, 2.05) is 31.1 Å². The number of carbonyl (C=O) groups is 1. The van der Waals surface area contributed by atoms with Crippen LogP contribution in [0.2, 0.25) is 0 Å². The summed E-state index contributed by atoms with van der Waals surface area (Å²) in [6.07, 6.45) is 0.